The quantitative estimate of drug-likeness (QED) is 0.200. The van der Waals surface area contributed by atoms with Crippen molar-refractivity contribution < 1.29 is 24.2 Å². The van der Waals surface area contributed by atoms with Gasteiger partial charge in [0.1, 0.15) is 17.3 Å². The standard InChI is InChI=1S/C27H21ClN2O5S/c1-14-7-9-19-21(11-14)36-27(29-19)30-23(15-5-4-6-17(12-15)34-2)22(25(32)26(30)33)24(31)18-13-16(28)8-10-20(18)35-3/h4-13,23,31H,1-3H3/b24-22+. The first-order valence-corrected chi connectivity index (χ1v) is 12.2. The van der Waals surface area contributed by atoms with Crippen LogP contribution < -0.4 is 14.4 Å². The van der Waals surface area contributed by atoms with E-state index in [2.05, 4.69) is 4.98 Å². The minimum absolute atomic E-state index is 0.0933. The molecule has 1 N–H and O–H groups in total. The van der Waals surface area contributed by atoms with Gasteiger partial charge in [0, 0.05) is 5.02 Å². The molecule has 9 heteroatoms. The molecule has 3 aromatic carbocycles. The molecule has 36 heavy (non-hydrogen) atoms. The summed E-state index contributed by atoms with van der Waals surface area (Å²) in [4.78, 5) is 32.9. The first-order valence-electron chi connectivity index (χ1n) is 11.0. The Labute approximate surface area is 216 Å². The summed E-state index contributed by atoms with van der Waals surface area (Å²) in [5.74, 6) is -1.17. The van der Waals surface area contributed by atoms with Crippen molar-refractivity contribution in [1.29, 1.82) is 0 Å². The van der Waals surface area contributed by atoms with Crippen LogP contribution in [0.15, 0.2) is 66.2 Å². The Kier molecular flexibility index (Phi) is 6.15. The number of nitrogens with zero attached hydrogens (tertiary/aromatic N) is 2. The summed E-state index contributed by atoms with van der Waals surface area (Å²) in [6.45, 7) is 1.97. The van der Waals surface area contributed by atoms with Gasteiger partial charge in [0.15, 0.2) is 5.13 Å². The van der Waals surface area contributed by atoms with E-state index in [0.29, 0.717) is 32.7 Å². The number of aliphatic hydroxyl groups is 1. The Bertz CT molecular complexity index is 1560. The number of methoxy groups -OCH3 is 2. The molecule has 1 aliphatic heterocycles. The number of aryl methyl sites for hydroxylation is 1. The number of ketones is 1. The molecule has 0 radical (unpaired) electrons. The zero-order valence-electron chi connectivity index (χ0n) is 19.6. The predicted octanol–water partition coefficient (Wildman–Crippen LogP) is 5.90. The van der Waals surface area contributed by atoms with Gasteiger partial charge >= 0.3 is 5.91 Å². The van der Waals surface area contributed by atoms with Crippen molar-refractivity contribution in [2.45, 2.75) is 13.0 Å². The number of Topliss-reactive ketones (excluding diaryl/α,β-unsaturated/α-hetero) is 1. The summed E-state index contributed by atoms with van der Waals surface area (Å²) in [5, 5.41) is 12.1. The minimum Gasteiger partial charge on any atom is -0.507 e. The van der Waals surface area contributed by atoms with Crippen LogP contribution in [0.2, 0.25) is 5.02 Å². The lowest BCUT2D eigenvalue weighted by atomic mass is 9.95. The molecular weight excluding hydrogens is 500 g/mol. The Morgan fingerprint density at radius 1 is 1.06 bits per heavy atom. The molecular formula is C27H21ClN2O5S. The van der Waals surface area contributed by atoms with Gasteiger partial charge in [-0.25, -0.2) is 4.98 Å². The lowest BCUT2D eigenvalue weighted by Gasteiger charge is -2.23. The van der Waals surface area contributed by atoms with Crippen LogP contribution in [0.5, 0.6) is 11.5 Å². The summed E-state index contributed by atoms with van der Waals surface area (Å²) in [5.41, 5.74) is 2.45. The average Bonchev–Trinajstić information content (AvgIpc) is 3.41. The number of halogens is 1. The second kappa shape index (κ2) is 9.29. The topological polar surface area (TPSA) is 89.0 Å². The van der Waals surface area contributed by atoms with Crippen molar-refractivity contribution in [2.24, 2.45) is 0 Å². The first-order chi connectivity index (χ1) is 17.3. The largest absolute Gasteiger partial charge is 0.507 e. The van der Waals surface area contributed by atoms with Crippen LogP contribution in [-0.2, 0) is 9.59 Å². The molecule has 1 unspecified atom stereocenters. The summed E-state index contributed by atoms with van der Waals surface area (Å²) < 4.78 is 11.7. The molecule has 7 nitrogen and oxygen atoms in total. The number of rotatable bonds is 5. The molecule has 4 aromatic rings. The molecule has 182 valence electrons. The number of anilines is 1. The zero-order chi connectivity index (χ0) is 25.6. The van der Waals surface area contributed by atoms with Gasteiger partial charge in [0.05, 0.1) is 41.6 Å². The van der Waals surface area contributed by atoms with Crippen LogP contribution in [-0.4, -0.2) is 36.0 Å². The zero-order valence-corrected chi connectivity index (χ0v) is 21.2. The number of hydrogen-bond donors (Lipinski definition) is 1. The highest BCUT2D eigenvalue weighted by Gasteiger charge is 2.48. The third-order valence-electron chi connectivity index (χ3n) is 6.01. The fourth-order valence-electron chi connectivity index (χ4n) is 4.29. The normalized spacial score (nSPS) is 17.1. The van der Waals surface area contributed by atoms with Gasteiger partial charge in [-0.05, 0) is 60.5 Å². The number of carbonyl (C=O) groups excluding carboxylic acids is 2. The maximum absolute atomic E-state index is 13.5. The van der Waals surface area contributed by atoms with Crippen LogP contribution in [0.25, 0.3) is 16.0 Å². The molecule has 2 heterocycles. The van der Waals surface area contributed by atoms with Gasteiger partial charge in [-0.1, -0.05) is 41.1 Å². The highest BCUT2D eigenvalue weighted by atomic mass is 35.5. The summed E-state index contributed by atoms with van der Waals surface area (Å²) in [6, 6.07) is 16.5. The second-order valence-electron chi connectivity index (χ2n) is 8.26. The summed E-state index contributed by atoms with van der Waals surface area (Å²) in [6.07, 6.45) is 0. The van der Waals surface area contributed by atoms with E-state index in [1.807, 2.05) is 25.1 Å². The smallest absolute Gasteiger partial charge is 0.301 e. The lowest BCUT2D eigenvalue weighted by molar-refractivity contribution is -0.132. The molecule has 0 aliphatic carbocycles. The number of hydrogen-bond acceptors (Lipinski definition) is 7. The van der Waals surface area contributed by atoms with Crippen LogP contribution in [0.3, 0.4) is 0 Å². The van der Waals surface area contributed by atoms with E-state index < -0.39 is 17.7 Å². The van der Waals surface area contributed by atoms with E-state index in [1.54, 1.807) is 36.4 Å². The third-order valence-corrected chi connectivity index (χ3v) is 7.26. The van der Waals surface area contributed by atoms with E-state index in [0.717, 1.165) is 10.3 Å². The van der Waals surface area contributed by atoms with Crippen molar-refractivity contribution in [3.05, 3.63) is 87.9 Å². The molecule has 0 saturated carbocycles. The predicted molar refractivity (Wildman–Crippen MR) is 140 cm³/mol. The highest BCUT2D eigenvalue weighted by molar-refractivity contribution is 7.22. The summed E-state index contributed by atoms with van der Waals surface area (Å²) >= 11 is 7.49. The van der Waals surface area contributed by atoms with Gasteiger partial charge in [-0.2, -0.15) is 0 Å². The van der Waals surface area contributed by atoms with E-state index in [1.165, 1.54) is 36.5 Å². The number of aliphatic hydroxyl groups excluding tert-OH is 1. The third kappa shape index (κ3) is 3.98. The van der Waals surface area contributed by atoms with E-state index in [4.69, 9.17) is 21.1 Å². The Balaban J connectivity index is 1.77. The average molecular weight is 521 g/mol. The fraction of sp³-hybridized carbons (Fsp3) is 0.148. The Hall–Kier alpha value is -3.88. The minimum atomic E-state index is -0.953. The molecule has 1 aliphatic rings. The SMILES string of the molecule is COc1cccc(C2/C(=C(\O)c3cc(Cl)ccc3OC)C(=O)C(=O)N2c2nc3ccc(C)cc3s2)c1. The van der Waals surface area contributed by atoms with Crippen molar-refractivity contribution in [3.8, 4) is 11.5 Å². The molecule has 0 spiro atoms. The van der Waals surface area contributed by atoms with Gasteiger partial charge in [0.25, 0.3) is 5.78 Å². The maximum Gasteiger partial charge on any atom is 0.301 e. The van der Waals surface area contributed by atoms with E-state index in [9.17, 15) is 14.7 Å². The van der Waals surface area contributed by atoms with Crippen LogP contribution in [0.1, 0.15) is 22.7 Å². The van der Waals surface area contributed by atoms with Crippen molar-refractivity contribution >= 4 is 55.7 Å². The first kappa shape index (κ1) is 23.8. The van der Waals surface area contributed by atoms with Gasteiger partial charge in [-0.15, -0.1) is 0 Å². The number of fused-ring (bicyclic) bond motifs is 1. The molecule has 0 bridgehead atoms. The molecule has 1 amide bonds. The molecule has 1 fully saturated rings. The Morgan fingerprint density at radius 3 is 2.61 bits per heavy atom. The number of thiazole rings is 1. The summed E-state index contributed by atoms with van der Waals surface area (Å²) in [7, 11) is 2.98. The van der Waals surface area contributed by atoms with E-state index in [-0.39, 0.29) is 16.9 Å². The van der Waals surface area contributed by atoms with Gasteiger partial charge in [-0.3, -0.25) is 14.5 Å². The monoisotopic (exact) mass is 520 g/mol. The fourth-order valence-corrected chi connectivity index (χ4v) is 5.55. The molecule has 5 rings (SSSR count). The van der Waals surface area contributed by atoms with Gasteiger partial charge < -0.3 is 14.6 Å². The molecule has 1 atom stereocenters. The number of aromatic nitrogens is 1. The van der Waals surface area contributed by atoms with Crippen LogP contribution in [0.4, 0.5) is 5.13 Å². The number of amides is 1. The lowest BCUT2D eigenvalue weighted by Crippen LogP contribution is -2.29. The highest BCUT2D eigenvalue weighted by Crippen LogP contribution is 2.45. The number of ether oxygens (including phenoxy) is 2. The number of benzene rings is 3. The molecule has 1 saturated heterocycles. The van der Waals surface area contributed by atoms with E-state index >= 15 is 0 Å². The van der Waals surface area contributed by atoms with Gasteiger partial charge in [0.2, 0.25) is 0 Å². The van der Waals surface area contributed by atoms with Crippen molar-refractivity contribution in [1.82, 2.24) is 4.98 Å². The number of carbonyl (C=O) groups is 2. The Morgan fingerprint density at radius 2 is 1.86 bits per heavy atom. The van der Waals surface area contributed by atoms with Crippen molar-refractivity contribution in [3.63, 3.8) is 0 Å². The molecule has 1 aromatic heterocycles. The second-order valence-corrected chi connectivity index (χ2v) is 9.70. The van der Waals surface area contributed by atoms with Crippen molar-refractivity contribution in [2.75, 3.05) is 19.1 Å². The van der Waals surface area contributed by atoms with Crippen LogP contribution >= 0.6 is 22.9 Å². The van der Waals surface area contributed by atoms with Crippen LogP contribution in [0, 0.1) is 6.92 Å². The maximum atomic E-state index is 13.5.